The average molecular weight is 350 g/mol. The fourth-order valence-electron chi connectivity index (χ4n) is 2.12. The Bertz CT molecular complexity index is 560. The van der Waals surface area contributed by atoms with Crippen LogP contribution in [-0.4, -0.2) is 18.3 Å². The number of rotatable bonds is 7. The van der Waals surface area contributed by atoms with E-state index in [9.17, 15) is 5.11 Å². The van der Waals surface area contributed by atoms with Gasteiger partial charge in [-0.2, -0.15) is 0 Å². The van der Waals surface area contributed by atoms with Crippen molar-refractivity contribution in [3.63, 3.8) is 0 Å². The Morgan fingerprint density at radius 3 is 2.67 bits per heavy atom. The third-order valence-electron chi connectivity index (χ3n) is 3.16. The molecule has 0 aliphatic heterocycles. The second-order valence-corrected chi connectivity index (χ2v) is 5.66. The quantitative estimate of drug-likeness (QED) is 0.801. The van der Waals surface area contributed by atoms with Gasteiger partial charge in [-0.1, -0.05) is 46.3 Å². The lowest BCUT2D eigenvalue weighted by molar-refractivity contribution is 0.174. The number of hydrogen-bond donors (Lipinski definition) is 2. The standard InChI is InChI=1S/C17H20BrNO2/c1-2-21-17-9-8-15(18)10-14(17)11-19-12-16(20)13-6-4-3-5-7-13/h3-10,16,19-20H,2,11-12H2,1H3/t16-/m1/s1. The lowest BCUT2D eigenvalue weighted by atomic mass is 10.1. The molecule has 0 radical (unpaired) electrons. The first-order valence-electron chi connectivity index (χ1n) is 7.05. The SMILES string of the molecule is CCOc1ccc(Br)cc1CNC[C@@H](O)c1ccccc1. The zero-order valence-corrected chi connectivity index (χ0v) is 13.6. The van der Waals surface area contributed by atoms with Crippen molar-refractivity contribution >= 4 is 15.9 Å². The summed E-state index contributed by atoms with van der Waals surface area (Å²) in [7, 11) is 0. The largest absolute Gasteiger partial charge is 0.494 e. The van der Waals surface area contributed by atoms with Gasteiger partial charge in [-0.15, -0.1) is 0 Å². The van der Waals surface area contributed by atoms with Gasteiger partial charge in [0.1, 0.15) is 5.75 Å². The molecule has 0 heterocycles. The second kappa shape index (κ2) is 8.17. The summed E-state index contributed by atoms with van der Waals surface area (Å²) in [6.45, 7) is 3.76. The molecule has 1 atom stereocenters. The molecular weight excluding hydrogens is 330 g/mol. The highest BCUT2D eigenvalue weighted by Gasteiger charge is 2.08. The van der Waals surface area contributed by atoms with Gasteiger partial charge >= 0.3 is 0 Å². The normalized spacial score (nSPS) is 12.1. The highest BCUT2D eigenvalue weighted by atomic mass is 79.9. The van der Waals surface area contributed by atoms with Crippen LogP contribution < -0.4 is 10.1 Å². The van der Waals surface area contributed by atoms with E-state index < -0.39 is 6.10 Å². The Hall–Kier alpha value is -1.36. The third kappa shape index (κ3) is 4.84. The molecule has 0 aliphatic rings. The van der Waals surface area contributed by atoms with Crippen LogP contribution in [0.2, 0.25) is 0 Å². The molecule has 2 N–H and O–H groups in total. The zero-order chi connectivity index (χ0) is 15.1. The van der Waals surface area contributed by atoms with Gasteiger partial charge in [-0.05, 0) is 30.7 Å². The summed E-state index contributed by atoms with van der Waals surface area (Å²) in [5.74, 6) is 0.877. The molecule has 2 rings (SSSR count). The molecule has 0 aliphatic carbocycles. The number of nitrogens with one attached hydrogen (secondary N) is 1. The van der Waals surface area contributed by atoms with Crippen LogP contribution in [0, 0.1) is 0 Å². The minimum atomic E-state index is -0.506. The Labute approximate surface area is 134 Å². The van der Waals surface area contributed by atoms with E-state index >= 15 is 0 Å². The van der Waals surface area contributed by atoms with Gasteiger partial charge in [0.05, 0.1) is 12.7 Å². The minimum absolute atomic E-state index is 0.502. The number of aliphatic hydroxyl groups is 1. The maximum Gasteiger partial charge on any atom is 0.123 e. The average Bonchev–Trinajstić information content (AvgIpc) is 2.51. The smallest absolute Gasteiger partial charge is 0.123 e. The van der Waals surface area contributed by atoms with Crippen LogP contribution >= 0.6 is 15.9 Å². The number of hydrogen-bond acceptors (Lipinski definition) is 3. The van der Waals surface area contributed by atoms with Gasteiger partial charge in [-0.25, -0.2) is 0 Å². The van der Waals surface area contributed by atoms with E-state index in [4.69, 9.17) is 4.74 Å². The summed E-state index contributed by atoms with van der Waals surface area (Å²) < 4.78 is 6.63. The summed E-state index contributed by atoms with van der Waals surface area (Å²) in [6, 6.07) is 15.6. The van der Waals surface area contributed by atoms with E-state index in [1.54, 1.807) is 0 Å². The molecule has 4 heteroatoms. The molecule has 0 saturated carbocycles. The van der Waals surface area contributed by atoms with Crippen LogP contribution in [0.1, 0.15) is 24.2 Å². The van der Waals surface area contributed by atoms with E-state index in [0.717, 1.165) is 21.3 Å². The minimum Gasteiger partial charge on any atom is -0.494 e. The van der Waals surface area contributed by atoms with Crippen LogP contribution in [0.5, 0.6) is 5.75 Å². The van der Waals surface area contributed by atoms with E-state index in [-0.39, 0.29) is 0 Å². The van der Waals surface area contributed by atoms with Gasteiger partial charge in [0.15, 0.2) is 0 Å². The molecule has 0 fully saturated rings. The van der Waals surface area contributed by atoms with Crippen molar-refractivity contribution in [1.29, 1.82) is 0 Å². The van der Waals surface area contributed by atoms with Crippen molar-refractivity contribution in [3.8, 4) is 5.75 Å². The summed E-state index contributed by atoms with van der Waals surface area (Å²) in [5.41, 5.74) is 2.00. The van der Waals surface area contributed by atoms with Crippen LogP contribution in [0.4, 0.5) is 0 Å². The second-order valence-electron chi connectivity index (χ2n) is 4.74. The molecule has 21 heavy (non-hydrogen) atoms. The summed E-state index contributed by atoms with van der Waals surface area (Å²) in [6.07, 6.45) is -0.506. The van der Waals surface area contributed by atoms with Crippen LogP contribution in [0.15, 0.2) is 53.0 Å². The van der Waals surface area contributed by atoms with Gasteiger partial charge in [0, 0.05) is 23.1 Å². The fourth-order valence-corrected chi connectivity index (χ4v) is 2.53. The first-order chi connectivity index (χ1) is 10.2. The lowest BCUT2D eigenvalue weighted by Gasteiger charge is -2.14. The Kier molecular flexibility index (Phi) is 6.23. The third-order valence-corrected chi connectivity index (χ3v) is 3.65. The topological polar surface area (TPSA) is 41.5 Å². The number of benzene rings is 2. The number of halogens is 1. The maximum atomic E-state index is 10.1. The highest BCUT2D eigenvalue weighted by molar-refractivity contribution is 9.10. The zero-order valence-electron chi connectivity index (χ0n) is 12.1. The van der Waals surface area contributed by atoms with Crippen molar-refractivity contribution in [1.82, 2.24) is 5.32 Å². The first-order valence-corrected chi connectivity index (χ1v) is 7.85. The molecule has 0 spiro atoms. The molecule has 2 aromatic rings. The molecular formula is C17H20BrNO2. The van der Waals surface area contributed by atoms with E-state index in [2.05, 4.69) is 21.2 Å². The molecule has 0 aromatic heterocycles. The molecule has 112 valence electrons. The summed E-state index contributed by atoms with van der Waals surface area (Å²) >= 11 is 3.47. The van der Waals surface area contributed by atoms with E-state index in [0.29, 0.717) is 19.7 Å². The maximum absolute atomic E-state index is 10.1. The monoisotopic (exact) mass is 349 g/mol. The van der Waals surface area contributed by atoms with E-state index in [1.165, 1.54) is 0 Å². The first kappa shape index (κ1) is 16.0. The molecule has 3 nitrogen and oxygen atoms in total. The number of ether oxygens (including phenoxy) is 1. The number of aliphatic hydroxyl groups excluding tert-OH is 1. The molecule has 0 unspecified atom stereocenters. The Morgan fingerprint density at radius 1 is 1.19 bits per heavy atom. The van der Waals surface area contributed by atoms with Gasteiger partial charge in [-0.3, -0.25) is 0 Å². The van der Waals surface area contributed by atoms with Gasteiger partial charge in [0.2, 0.25) is 0 Å². The van der Waals surface area contributed by atoms with Crippen molar-refractivity contribution in [2.24, 2.45) is 0 Å². The van der Waals surface area contributed by atoms with Crippen molar-refractivity contribution in [2.75, 3.05) is 13.2 Å². The predicted molar refractivity (Wildman–Crippen MR) is 88.4 cm³/mol. The molecule has 0 saturated heterocycles. The molecule has 0 amide bonds. The van der Waals surface area contributed by atoms with Crippen molar-refractivity contribution in [3.05, 3.63) is 64.1 Å². The van der Waals surface area contributed by atoms with Crippen LogP contribution in [-0.2, 0) is 6.54 Å². The predicted octanol–water partition coefficient (Wildman–Crippen LogP) is 3.67. The van der Waals surface area contributed by atoms with E-state index in [1.807, 2.05) is 55.5 Å². The van der Waals surface area contributed by atoms with Crippen molar-refractivity contribution in [2.45, 2.75) is 19.6 Å². The molecule has 2 aromatic carbocycles. The van der Waals surface area contributed by atoms with Crippen molar-refractivity contribution < 1.29 is 9.84 Å². The van der Waals surface area contributed by atoms with Crippen LogP contribution in [0.3, 0.4) is 0 Å². The lowest BCUT2D eigenvalue weighted by Crippen LogP contribution is -2.21. The Balaban J connectivity index is 1.92. The van der Waals surface area contributed by atoms with Gasteiger partial charge < -0.3 is 15.2 Å². The van der Waals surface area contributed by atoms with Gasteiger partial charge in [0.25, 0.3) is 0 Å². The summed E-state index contributed by atoms with van der Waals surface area (Å²) in [5, 5.41) is 13.4. The fraction of sp³-hybridized carbons (Fsp3) is 0.294. The summed E-state index contributed by atoms with van der Waals surface area (Å²) in [4.78, 5) is 0. The highest BCUT2D eigenvalue weighted by Crippen LogP contribution is 2.23. The molecule has 0 bridgehead atoms. The Morgan fingerprint density at radius 2 is 1.95 bits per heavy atom. The van der Waals surface area contributed by atoms with Crippen LogP contribution in [0.25, 0.3) is 0 Å².